The quantitative estimate of drug-likeness (QED) is 0.529. The van der Waals surface area contributed by atoms with Crippen LogP contribution in [0.2, 0.25) is 0 Å². The number of guanidine groups is 1. The lowest BCUT2D eigenvalue weighted by atomic mass is 9.96. The van der Waals surface area contributed by atoms with Crippen molar-refractivity contribution in [1.82, 2.24) is 10.6 Å². The van der Waals surface area contributed by atoms with Gasteiger partial charge in [-0.15, -0.1) is 0 Å². The van der Waals surface area contributed by atoms with Crippen molar-refractivity contribution in [2.24, 2.45) is 4.99 Å². The number of nitrogens with one attached hydrogen (secondary N) is 2. The molecule has 1 unspecified atom stereocenters. The van der Waals surface area contributed by atoms with Crippen molar-refractivity contribution in [3.63, 3.8) is 0 Å². The van der Waals surface area contributed by atoms with Gasteiger partial charge in [-0.05, 0) is 37.5 Å². The molecule has 2 aromatic carbocycles. The third kappa shape index (κ3) is 4.70. The predicted molar refractivity (Wildman–Crippen MR) is 112 cm³/mol. The smallest absolute Gasteiger partial charge is 0.248 e. The van der Waals surface area contributed by atoms with Crippen LogP contribution in [0.3, 0.4) is 0 Å². The van der Waals surface area contributed by atoms with Gasteiger partial charge in [0.25, 0.3) is 0 Å². The fourth-order valence-corrected chi connectivity index (χ4v) is 3.33. The molecule has 1 heterocycles. The van der Waals surface area contributed by atoms with Crippen molar-refractivity contribution in [1.29, 1.82) is 0 Å². The monoisotopic (exact) mass is 380 g/mol. The second kappa shape index (κ2) is 8.89. The van der Waals surface area contributed by atoms with E-state index in [1.807, 2.05) is 55.5 Å². The van der Waals surface area contributed by atoms with Gasteiger partial charge in [-0.25, -0.2) is 4.99 Å². The van der Waals surface area contributed by atoms with Gasteiger partial charge in [-0.3, -0.25) is 4.79 Å². The van der Waals surface area contributed by atoms with Crippen molar-refractivity contribution in [3.8, 4) is 0 Å². The van der Waals surface area contributed by atoms with Crippen molar-refractivity contribution >= 4 is 17.6 Å². The normalized spacial score (nSPS) is 15.7. The van der Waals surface area contributed by atoms with Crippen LogP contribution in [0.15, 0.2) is 59.6 Å². The molecular weight excluding hydrogens is 352 g/mol. The SMILES string of the molecule is CCNC(=NCC(=O)N1CCc2ccccc21)NCC(C)(O)c1ccccc1. The summed E-state index contributed by atoms with van der Waals surface area (Å²) in [5.74, 6) is 0.483. The molecular formula is C22H28N4O2. The standard InChI is InChI=1S/C22H28N4O2/c1-3-23-21(25-16-22(2,28)18-10-5-4-6-11-18)24-15-20(27)26-14-13-17-9-7-8-12-19(17)26/h4-12,28H,3,13-16H2,1-2H3,(H2,23,24,25). The molecule has 2 aromatic rings. The van der Waals surface area contributed by atoms with Crippen LogP contribution in [-0.2, 0) is 16.8 Å². The van der Waals surface area contributed by atoms with Crippen LogP contribution in [0, 0.1) is 0 Å². The number of aliphatic hydroxyl groups is 1. The minimum Gasteiger partial charge on any atom is -0.384 e. The average Bonchev–Trinajstić information content (AvgIpc) is 3.15. The van der Waals surface area contributed by atoms with E-state index in [9.17, 15) is 9.90 Å². The van der Waals surface area contributed by atoms with Gasteiger partial charge in [-0.2, -0.15) is 0 Å². The van der Waals surface area contributed by atoms with Gasteiger partial charge >= 0.3 is 0 Å². The van der Waals surface area contributed by atoms with E-state index >= 15 is 0 Å². The Morgan fingerprint density at radius 2 is 1.86 bits per heavy atom. The second-order valence-corrected chi connectivity index (χ2v) is 7.11. The Morgan fingerprint density at radius 3 is 2.61 bits per heavy atom. The molecule has 0 aromatic heterocycles. The molecule has 6 nitrogen and oxygen atoms in total. The highest BCUT2D eigenvalue weighted by Crippen LogP contribution is 2.27. The molecule has 148 valence electrons. The summed E-state index contributed by atoms with van der Waals surface area (Å²) in [5.41, 5.74) is 1.95. The summed E-state index contributed by atoms with van der Waals surface area (Å²) in [4.78, 5) is 18.9. The number of aliphatic imine (C=N–C) groups is 1. The van der Waals surface area contributed by atoms with Gasteiger partial charge < -0.3 is 20.6 Å². The number of anilines is 1. The van der Waals surface area contributed by atoms with Gasteiger partial charge in [0, 0.05) is 18.8 Å². The number of hydrogen-bond donors (Lipinski definition) is 3. The maximum Gasteiger partial charge on any atom is 0.248 e. The first-order valence-electron chi connectivity index (χ1n) is 9.69. The number of carbonyl (C=O) groups is 1. The number of nitrogens with zero attached hydrogens (tertiary/aromatic N) is 2. The maximum absolute atomic E-state index is 12.7. The van der Waals surface area contributed by atoms with E-state index in [4.69, 9.17) is 0 Å². The Balaban J connectivity index is 1.62. The summed E-state index contributed by atoms with van der Waals surface area (Å²) in [6, 6.07) is 17.5. The van der Waals surface area contributed by atoms with E-state index in [2.05, 4.69) is 21.7 Å². The second-order valence-electron chi connectivity index (χ2n) is 7.11. The van der Waals surface area contributed by atoms with Crippen molar-refractivity contribution in [2.45, 2.75) is 25.9 Å². The van der Waals surface area contributed by atoms with E-state index in [1.165, 1.54) is 5.56 Å². The van der Waals surface area contributed by atoms with Crippen LogP contribution in [0.1, 0.15) is 25.0 Å². The van der Waals surface area contributed by atoms with Crippen molar-refractivity contribution in [2.75, 3.05) is 31.1 Å². The Kier molecular flexibility index (Phi) is 6.31. The molecule has 28 heavy (non-hydrogen) atoms. The molecule has 0 bridgehead atoms. The molecule has 0 saturated heterocycles. The van der Waals surface area contributed by atoms with Crippen LogP contribution in [-0.4, -0.2) is 43.2 Å². The number of rotatable bonds is 6. The molecule has 1 aliphatic rings. The van der Waals surface area contributed by atoms with Gasteiger partial charge in [0.15, 0.2) is 5.96 Å². The first-order chi connectivity index (χ1) is 13.5. The van der Waals surface area contributed by atoms with E-state index in [0.29, 0.717) is 19.0 Å². The summed E-state index contributed by atoms with van der Waals surface area (Å²) in [6.45, 7) is 5.41. The highest BCUT2D eigenvalue weighted by Gasteiger charge is 2.25. The molecule has 3 rings (SSSR count). The van der Waals surface area contributed by atoms with E-state index in [0.717, 1.165) is 17.7 Å². The lowest BCUT2D eigenvalue weighted by Crippen LogP contribution is -2.45. The van der Waals surface area contributed by atoms with Crippen LogP contribution >= 0.6 is 0 Å². The highest BCUT2D eigenvalue weighted by atomic mass is 16.3. The summed E-state index contributed by atoms with van der Waals surface area (Å²) in [6.07, 6.45) is 0.879. The van der Waals surface area contributed by atoms with Crippen molar-refractivity contribution in [3.05, 3.63) is 65.7 Å². The first kappa shape index (κ1) is 19.9. The zero-order valence-electron chi connectivity index (χ0n) is 16.5. The third-order valence-electron chi connectivity index (χ3n) is 4.90. The van der Waals surface area contributed by atoms with E-state index in [1.54, 1.807) is 11.8 Å². The molecule has 1 atom stereocenters. The third-order valence-corrected chi connectivity index (χ3v) is 4.90. The Labute approximate surface area is 166 Å². The molecule has 0 fully saturated rings. The molecule has 1 amide bonds. The minimum absolute atomic E-state index is 0.0306. The van der Waals surface area contributed by atoms with Crippen LogP contribution in [0.5, 0.6) is 0 Å². The summed E-state index contributed by atoms with van der Waals surface area (Å²) < 4.78 is 0. The summed E-state index contributed by atoms with van der Waals surface area (Å²) in [7, 11) is 0. The van der Waals surface area contributed by atoms with Crippen LogP contribution in [0.4, 0.5) is 5.69 Å². The molecule has 1 aliphatic heterocycles. The predicted octanol–water partition coefficient (Wildman–Crippen LogP) is 2.04. The fourth-order valence-electron chi connectivity index (χ4n) is 3.33. The summed E-state index contributed by atoms with van der Waals surface area (Å²) >= 11 is 0. The average molecular weight is 380 g/mol. The minimum atomic E-state index is -1.05. The Morgan fingerprint density at radius 1 is 1.14 bits per heavy atom. The van der Waals surface area contributed by atoms with Crippen molar-refractivity contribution < 1.29 is 9.90 Å². The maximum atomic E-state index is 12.7. The van der Waals surface area contributed by atoms with Gasteiger partial charge in [0.2, 0.25) is 5.91 Å². The molecule has 3 N–H and O–H groups in total. The summed E-state index contributed by atoms with van der Waals surface area (Å²) in [5, 5.41) is 17.0. The van der Waals surface area contributed by atoms with E-state index < -0.39 is 5.60 Å². The van der Waals surface area contributed by atoms with Crippen LogP contribution < -0.4 is 15.5 Å². The lowest BCUT2D eigenvalue weighted by Gasteiger charge is -2.25. The Bertz CT molecular complexity index is 833. The highest BCUT2D eigenvalue weighted by molar-refractivity contribution is 5.98. The number of hydrogen-bond acceptors (Lipinski definition) is 3. The molecule has 0 aliphatic carbocycles. The zero-order chi connectivity index (χ0) is 20.0. The first-order valence-corrected chi connectivity index (χ1v) is 9.69. The molecule has 6 heteroatoms. The Hall–Kier alpha value is -2.86. The van der Waals surface area contributed by atoms with Crippen LogP contribution in [0.25, 0.3) is 0 Å². The number of benzene rings is 2. The zero-order valence-corrected chi connectivity index (χ0v) is 16.5. The molecule has 0 radical (unpaired) electrons. The topological polar surface area (TPSA) is 77.0 Å². The number of carbonyl (C=O) groups excluding carboxylic acids is 1. The fraction of sp³-hybridized carbons (Fsp3) is 0.364. The van der Waals surface area contributed by atoms with Gasteiger partial charge in [0.1, 0.15) is 12.1 Å². The lowest BCUT2D eigenvalue weighted by molar-refractivity contribution is -0.117. The van der Waals surface area contributed by atoms with Gasteiger partial charge in [-0.1, -0.05) is 48.5 Å². The van der Waals surface area contributed by atoms with Gasteiger partial charge in [0.05, 0.1) is 6.54 Å². The largest absolute Gasteiger partial charge is 0.384 e. The van der Waals surface area contributed by atoms with E-state index in [-0.39, 0.29) is 19.0 Å². The number of amides is 1. The molecule has 0 spiro atoms. The number of para-hydroxylation sites is 1. The number of fused-ring (bicyclic) bond motifs is 1. The molecule has 0 saturated carbocycles.